The van der Waals surface area contributed by atoms with Gasteiger partial charge in [0.25, 0.3) is 5.91 Å². The number of hydrogen-bond acceptors (Lipinski definition) is 4. The highest BCUT2D eigenvalue weighted by Gasteiger charge is 2.20. The first kappa shape index (κ1) is 14.5. The van der Waals surface area contributed by atoms with Crippen LogP contribution >= 0.6 is 11.3 Å². The van der Waals surface area contributed by atoms with Gasteiger partial charge in [-0.2, -0.15) is 0 Å². The summed E-state index contributed by atoms with van der Waals surface area (Å²) in [5.41, 5.74) is -0.564. The highest BCUT2D eigenvalue weighted by atomic mass is 32.1. The Hall–Kier alpha value is -1.93. The topological polar surface area (TPSA) is 62.2 Å². The summed E-state index contributed by atoms with van der Waals surface area (Å²) in [5.74, 6) is -4.78. The normalized spacial score (nSPS) is 12.2. The van der Waals surface area contributed by atoms with Crippen LogP contribution in [0, 0.1) is 17.5 Å². The Morgan fingerprint density at radius 2 is 1.95 bits per heavy atom. The quantitative estimate of drug-likeness (QED) is 0.916. The fourth-order valence-corrected chi connectivity index (χ4v) is 2.25. The van der Waals surface area contributed by atoms with Gasteiger partial charge in [-0.15, -0.1) is 11.3 Å². The van der Waals surface area contributed by atoms with Crippen molar-refractivity contribution in [1.82, 2.24) is 4.98 Å². The van der Waals surface area contributed by atoms with E-state index in [1.54, 1.807) is 0 Å². The van der Waals surface area contributed by atoms with Gasteiger partial charge < -0.3 is 5.11 Å². The summed E-state index contributed by atoms with van der Waals surface area (Å²) in [5, 5.41) is 13.0. The number of carbonyl (C=O) groups is 1. The lowest BCUT2D eigenvalue weighted by Gasteiger charge is -2.05. The molecule has 1 atom stereocenters. The molecule has 8 heteroatoms. The van der Waals surface area contributed by atoms with Gasteiger partial charge in [-0.25, -0.2) is 18.2 Å². The number of thiazole rings is 1. The Morgan fingerprint density at radius 3 is 2.45 bits per heavy atom. The van der Waals surface area contributed by atoms with Crippen LogP contribution in [0.4, 0.5) is 18.3 Å². The van der Waals surface area contributed by atoms with Crippen LogP contribution in [0.3, 0.4) is 0 Å². The van der Waals surface area contributed by atoms with Crippen molar-refractivity contribution in [2.24, 2.45) is 0 Å². The molecule has 0 aliphatic rings. The van der Waals surface area contributed by atoms with E-state index in [0.717, 1.165) is 11.3 Å². The molecule has 0 spiro atoms. The monoisotopic (exact) mass is 302 g/mol. The van der Waals surface area contributed by atoms with Gasteiger partial charge in [-0.05, 0) is 6.92 Å². The maximum absolute atomic E-state index is 13.4. The van der Waals surface area contributed by atoms with Crippen LogP contribution in [0.1, 0.15) is 29.1 Å². The molecule has 1 heterocycles. The lowest BCUT2D eigenvalue weighted by molar-refractivity contribution is 0.101. The standard InChI is InChI=1S/C12H9F3N2O2S/c1-5(18)9-4-20-12(16-9)17-11(19)10-7(14)2-6(13)3-8(10)15/h2-5,18H,1H3,(H,16,17,19). The molecule has 106 valence electrons. The summed E-state index contributed by atoms with van der Waals surface area (Å²) in [4.78, 5) is 15.6. The molecule has 0 bridgehead atoms. The lowest BCUT2D eigenvalue weighted by atomic mass is 10.2. The smallest absolute Gasteiger partial charge is 0.263 e. The van der Waals surface area contributed by atoms with Crippen molar-refractivity contribution in [3.8, 4) is 0 Å². The van der Waals surface area contributed by atoms with E-state index in [0.29, 0.717) is 17.8 Å². The second-order valence-electron chi connectivity index (χ2n) is 3.95. The first-order valence-corrected chi connectivity index (χ1v) is 6.36. The molecule has 0 radical (unpaired) electrons. The van der Waals surface area contributed by atoms with Crippen molar-refractivity contribution < 1.29 is 23.1 Å². The number of benzene rings is 1. The molecule has 0 aliphatic carbocycles. The number of hydrogen-bond donors (Lipinski definition) is 2. The average Bonchev–Trinajstić information content (AvgIpc) is 2.75. The van der Waals surface area contributed by atoms with Gasteiger partial charge in [0, 0.05) is 17.5 Å². The molecule has 0 fully saturated rings. The summed E-state index contributed by atoms with van der Waals surface area (Å²) in [6, 6.07) is 0.835. The number of rotatable bonds is 3. The molecule has 2 aromatic rings. The summed E-state index contributed by atoms with van der Waals surface area (Å²) < 4.78 is 39.5. The van der Waals surface area contributed by atoms with Crippen LogP contribution < -0.4 is 5.32 Å². The Morgan fingerprint density at radius 1 is 1.35 bits per heavy atom. The minimum absolute atomic E-state index is 0.0778. The highest BCUT2D eigenvalue weighted by Crippen LogP contribution is 2.22. The third-order valence-corrected chi connectivity index (χ3v) is 3.18. The summed E-state index contributed by atoms with van der Waals surface area (Å²) in [6.07, 6.45) is -0.823. The van der Waals surface area contributed by atoms with Crippen molar-refractivity contribution in [3.05, 3.63) is 46.2 Å². The number of nitrogens with zero attached hydrogens (tertiary/aromatic N) is 1. The van der Waals surface area contributed by atoms with Crippen LogP contribution in [0.15, 0.2) is 17.5 Å². The molecule has 0 saturated heterocycles. The molecule has 20 heavy (non-hydrogen) atoms. The fraction of sp³-hybridized carbons (Fsp3) is 0.167. The van der Waals surface area contributed by atoms with Gasteiger partial charge in [-0.1, -0.05) is 0 Å². The van der Waals surface area contributed by atoms with Crippen LogP contribution in [0.2, 0.25) is 0 Å². The number of aromatic nitrogens is 1. The Bertz CT molecular complexity index is 635. The molecular weight excluding hydrogens is 293 g/mol. The minimum Gasteiger partial charge on any atom is -0.387 e. The van der Waals surface area contributed by atoms with Gasteiger partial charge in [0.05, 0.1) is 11.8 Å². The fourth-order valence-electron chi connectivity index (χ4n) is 1.45. The lowest BCUT2D eigenvalue weighted by Crippen LogP contribution is -2.16. The van der Waals surface area contributed by atoms with Gasteiger partial charge in [0.1, 0.15) is 23.0 Å². The molecule has 1 aromatic carbocycles. The number of aliphatic hydroxyl groups excluding tert-OH is 1. The number of carbonyl (C=O) groups excluding carboxylic acids is 1. The van der Waals surface area contributed by atoms with Crippen LogP contribution in [-0.4, -0.2) is 16.0 Å². The third-order valence-electron chi connectivity index (χ3n) is 2.40. The van der Waals surface area contributed by atoms with Gasteiger partial charge in [-0.3, -0.25) is 10.1 Å². The van der Waals surface area contributed by atoms with E-state index in [-0.39, 0.29) is 5.13 Å². The molecule has 2 rings (SSSR count). The number of halogens is 3. The molecular formula is C12H9F3N2O2S. The summed E-state index contributed by atoms with van der Waals surface area (Å²) in [7, 11) is 0. The van der Waals surface area contributed by atoms with Crippen LogP contribution in [-0.2, 0) is 0 Å². The Balaban J connectivity index is 2.24. The largest absolute Gasteiger partial charge is 0.387 e. The van der Waals surface area contributed by atoms with Gasteiger partial charge in [0.2, 0.25) is 0 Å². The first-order valence-electron chi connectivity index (χ1n) is 5.48. The van der Waals surface area contributed by atoms with Crippen molar-refractivity contribution in [1.29, 1.82) is 0 Å². The van der Waals surface area contributed by atoms with Crippen molar-refractivity contribution in [2.45, 2.75) is 13.0 Å². The van der Waals surface area contributed by atoms with E-state index >= 15 is 0 Å². The SMILES string of the molecule is CC(O)c1csc(NC(=O)c2c(F)cc(F)cc2F)n1. The predicted molar refractivity (Wildman–Crippen MR) is 67.0 cm³/mol. The number of nitrogens with one attached hydrogen (secondary N) is 1. The van der Waals surface area contributed by atoms with E-state index in [1.807, 2.05) is 0 Å². The Labute approximate surface area is 115 Å². The molecule has 2 N–H and O–H groups in total. The van der Waals surface area contributed by atoms with E-state index in [1.165, 1.54) is 12.3 Å². The van der Waals surface area contributed by atoms with Crippen LogP contribution in [0.5, 0.6) is 0 Å². The average molecular weight is 302 g/mol. The third kappa shape index (κ3) is 2.97. The second-order valence-corrected chi connectivity index (χ2v) is 4.81. The summed E-state index contributed by atoms with van der Waals surface area (Å²) >= 11 is 0.994. The molecule has 1 amide bonds. The Kier molecular flexibility index (Phi) is 4.05. The van der Waals surface area contributed by atoms with Crippen molar-refractivity contribution in [3.63, 3.8) is 0 Å². The molecule has 0 saturated carbocycles. The van der Waals surface area contributed by atoms with Gasteiger partial charge in [0.15, 0.2) is 5.13 Å². The zero-order valence-corrected chi connectivity index (χ0v) is 11.0. The van der Waals surface area contributed by atoms with Crippen LogP contribution in [0.25, 0.3) is 0 Å². The molecule has 1 aromatic heterocycles. The molecule has 4 nitrogen and oxygen atoms in total. The maximum atomic E-state index is 13.4. The zero-order chi connectivity index (χ0) is 14.9. The van der Waals surface area contributed by atoms with E-state index in [4.69, 9.17) is 0 Å². The van der Waals surface area contributed by atoms with Crippen molar-refractivity contribution in [2.75, 3.05) is 5.32 Å². The molecule has 0 aliphatic heterocycles. The van der Waals surface area contributed by atoms with Gasteiger partial charge >= 0.3 is 0 Å². The number of aliphatic hydroxyl groups is 1. The first-order chi connectivity index (χ1) is 9.38. The van der Waals surface area contributed by atoms with E-state index in [2.05, 4.69) is 10.3 Å². The number of amides is 1. The number of anilines is 1. The predicted octanol–water partition coefficient (Wildman–Crippen LogP) is 2.87. The highest BCUT2D eigenvalue weighted by molar-refractivity contribution is 7.14. The van der Waals surface area contributed by atoms with Crippen molar-refractivity contribution >= 4 is 22.4 Å². The zero-order valence-electron chi connectivity index (χ0n) is 10.2. The van der Waals surface area contributed by atoms with E-state index in [9.17, 15) is 23.1 Å². The maximum Gasteiger partial charge on any atom is 0.263 e. The minimum atomic E-state index is -1.30. The second kappa shape index (κ2) is 5.59. The molecule has 1 unspecified atom stereocenters. The summed E-state index contributed by atoms with van der Waals surface area (Å²) in [6.45, 7) is 1.49. The van der Waals surface area contributed by atoms with E-state index < -0.39 is 35.0 Å².